The van der Waals surface area contributed by atoms with Crippen molar-refractivity contribution in [1.82, 2.24) is 10.2 Å². The van der Waals surface area contributed by atoms with Gasteiger partial charge in [0.25, 0.3) is 0 Å². The topological polar surface area (TPSA) is 95.9 Å². The van der Waals surface area contributed by atoms with Crippen LogP contribution in [0.5, 0.6) is 0 Å². The largest absolute Gasteiger partial charge is 0.481 e. The maximum Gasteiger partial charge on any atom is 0.407 e. The fraction of sp³-hybridized carbons (Fsp3) is 0.400. The number of carbonyl (C=O) groups excluding carboxylic acids is 2. The number of aliphatic carboxylic acids is 1. The van der Waals surface area contributed by atoms with E-state index in [2.05, 4.69) is 29.6 Å². The van der Waals surface area contributed by atoms with Crippen LogP contribution in [-0.4, -0.2) is 53.2 Å². The van der Waals surface area contributed by atoms with Crippen molar-refractivity contribution in [3.63, 3.8) is 0 Å². The van der Waals surface area contributed by atoms with E-state index in [1.54, 1.807) is 20.8 Å². The van der Waals surface area contributed by atoms with Gasteiger partial charge in [-0.25, -0.2) is 4.79 Å². The standard InChI is InChI=1S/C25H30N2O5/c1-4-27(17(3)14-24(29)30)23(28)13-16(2)26-25(31)32-15-22-20-11-7-5-9-18(20)19-10-6-8-12-21(19)22/h5-12,16-17,22H,4,13-15H2,1-3H3,(H,26,31)(H,29,30)/t16-,17?/m0/s1. The number of hydrogen-bond donors (Lipinski definition) is 2. The number of fused-ring (bicyclic) bond motifs is 3. The zero-order chi connectivity index (χ0) is 23.3. The second kappa shape index (κ2) is 10.3. The third kappa shape index (κ3) is 5.28. The molecule has 170 valence electrons. The van der Waals surface area contributed by atoms with Crippen LogP contribution in [0.25, 0.3) is 11.1 Å². The van der Waals surface area contributed by atoms with Gasteiger partial charge in [0, 0.05) is 31.0 Å². The molecule has 0 saturated carbocycles. The highest BCUT2D eigenvalue weighted by Crippen LogP contribution is 2.44. The smallest absolute Gasteiger partial charge is 0.407 e. The predicted octanol–water partition coefficient (Wildman–Crippen LogP) is 4.02. The van der Waals surface area contributed by atoms with Crippen molar-refractivity contribution >= 4 is 18.0 Å². The lowest BCUT2D eigenvalue weighted by molar-refractivity contribution is -0.140. The number of hydrogen-bond acceptors (Lipinski definition) is 4. The number of rotatable bonds is 9. The Kier molecular flexibility index (Phi) is 7.51. The molecule has 2 aromatic rings. The van der Waals surface area contributed by atoms with Crippen molar-refractivity contribution in [2.45, 2.75) is 51.6 Å². The Morgan fingerprint density at radius 3 is 2.09 bits per heavy atom. The summed E-state index contributed by atoms with van der Waals surface area (Å²) in [6.45, 7) is 5.86. The summed E-state index contributed by atoms with van der Waals surface area (Å²) in [4.78, 5) is 37.4. The Bertz CT molecular complexity index is 944. The van der Waals surface area contributed by atoms with Crippen LogP contribution in [0.1, 0.15) is 50.7 Å². The van der Waals surface area contributed by atoms with Crippen molar-refractivity contribution < 1.29 is 24.2 Å². The van der Waals surface area contributed by atoms with Gasteiger partial charge in [0.2, 0.25) is 5.91 Å². The maximum absolute atomic E-state index is 12.6. The molecule has 3 rings (SSSR count). The van der Waals surface area contributed by atoms with Crippen molar-refractivity contribution in [1.29, 1.82) is 0 Å². The Morgan fingerprint density at radius 1 is 1.00 bits per heavy atom. The first-order chi connectivity index (χ1) is 15.3. The van der Waals surface area contributed by atoms with Crippen LogP contribution in [0.4, 0.5) is 4.79 Å². The Morgan fingerprint density at radius 2 is 1.56 bits per heavy atom. The van der Waals surface area contributed by atoms with E-state index in [1.165, 1.54) is 4.90 Å². The van der Waals surface area contributed by atoms with Crippen LogP contribution in [0.15, 0.2) is 48.5 Å². The quantitative estimate of drug-likeness (QED) is 0.617. The molecule has 0 fully saturated rings. The number of carbonyl (C=O) groups is 3. The maximum atomic E-state index is 12.6. The summed E-state index contributed by atoms with van der Waals surface area (Å²) in [7, 11) is 0. The van der Waals surface area contributed by atoms with Crippen molar-refractivity contribution in [3.05, 3.63) is 59.7 Å². The summed E-state index contributed by atoms with van der Waals surface area (Å²) in [5, 5.41) is 11.7. The molecule has 2 N–H and O–H groups in total. The van der Waals surface area contributed by atoms with Crippen LogP contribution >= 0.6 is 0 Å². The molecule has 32 heavy (non-hydrogen) atoms. The lowest BCUT2D eigenvalue weighted by Crippen LogP contribution is -2.43. The van der Waals surface area contributed by atoms with E-state index in [-0.39, 0.29) is 31.3 Å². The number of nitrogens with one attached hydrogen (secondary N) is 1. The highest BCUT2D eigenvalue weighted by Gasteiger charge is 2.29. The molecule has 0 aromatic heterocycles. The van der Waals surface area contributed by atoms with E-state index in [0.717, 1.165) is 22.3 Å². The van der Waals surface area contributed by atoms with Gasteiger partial charge in [-0.3, -0.25) is 9.59 Å². The SMILES string of the molecule is CCN(C(=O)C[C@H](C)NC(=O)OCC1c2ccccc2-c2ccccc21)C(C)CC(=O)O. The lowest BCUT2D eigenvalue weighted by atomic mass is 9.98. The average Bonchev–Trinajstić information content (AvgIpc) is 3.06. The van der Waals surface area contributed by atoms with E-state index in [1.807, 2.05) is 24.3 Å². The Balaban J connectivity index is 1.55. The van der Waals surface area contributed by atoms with E-state index in [0.29, 0.717) is 6.54 Å². The number of nitrogens with zero attached hydrogens (tertiary/aromatic N) is 1. The second-order valence-electron chi connectivity index (χ2n) is 8.20. The Hall–Kier alpha value is -3.35. The zero-order valence-electron chi connectivity index (χ0n) is 18.7. The van der Waals surface area contributed by atoms with Gasteiger partial charge >= 0.3 is 12.1 Å². The van der Waals surface area contributed by atoms with Gasteiger partial charge in [-0.1, -0.05) is 48.5 Å². The van der Waals surface area contributed by atoms with Crippen LogP contribution in [0.2, 0.25) is 0 Å². The molecule has 7 nitrogen and oxygen atoms in total. The summed E-state index contributed by atoms with van der Waals surface area (Å²) in [5.74, 6) is -1.18. The van der Waals surface area contributed by atoms with E-state index in [4.69, 9.17) is 9.84 Å². The first-order valence-corrected chi connectivity index (χ1v) is 10.9. The van der Waals surface area contributed by atoms with Crippen LogP contribution < -0.4 is 5.32 Å². The van der Waals surface area contributed by atoms with Gasteiger partial charge in [-0.2, -0.15) is 0 Å². The second-order valence-corrected chi connectivity index (χ2v) is 8.20. The summed E-state index contributed by atoms with van der Waals surface area (Å²) in [6, 6.07) is 15.4. The van der Waals surface area contributed by atoms with Crippen molar-refractivity contribution in [2.75, 3.05) is 13.2 Å². The van der Waals surface area contributed by atoms with E-state index < -0.39 is 24.1 Å². The van der Waals surface area contributed by atoms with Gasteiger partial charge in [0.15, 0.2) is 0 Å². The number of carboxylic acids is 1. The zero-order valence-corrected chi connectivity index (χ0v) is 18.7. The van der Waals surface area contributed by atoms with Crippen LogP contribution in [0, 0.1) is 0 Å². The van der Waals surface area contributed by atoms with Gasteiger partial charge in [0.1, 0.15) is 6.61 Å². The van der Waals surface area contributed by atoms with Gasteiger partial charge in [-0.15, -0.1) is 0 Å². The van der Waals surface area contributed by atoms with Crippen molar-refractivity contribution in [3.8, 4) is 11.1 Å². The molecule has 2 amide bonds. The summed E-state index contributed by atoms with van der Waals surface area (Å²) >= 11 is 0. The van der Waals surface area contributed by atoms with Crippen LogP contribution in [-0.2, 0) is 14.3 Å². The van der Waals surface area contributed by atoms with Crippen LogP contribution in [0.3, 0.4) is 0 Å². The molecule has 2 aromatic carbocycles. The number of ether oxygens (including phenoxy) is 1. The minimum absolute atomic E-state index is 0.0301. The number of benzene rings is 2. The molecule has 1 unspecified atom stereocenters. The molecule has 0 radical (unpaired) electrons. The van der Waals surface area contributed by atoms with Crippen molar-refractivity contribution in [2.24, 2.45) is 0 Å². The lowest BCUT2D eigenvalue weighted by Gasteiger charge is -2.28. The molecule has 0 bridgehead atoms. The first kappa shape index (κ1) is 23.3. The molecule has 1 aliphatic carbocycles. The molecule has 0 aliphatic heterocycles. The molecule has 0 spiro atoms. The highest BCUT2D eigenvalue weighted by atomic mass is 16.5. The fourth-order valence-electron chi connectivity index (χ4n) is 4.37. The van der Waals surface area contributed by atoms with Gasteiger partial charge < -0.3 is 20.1 Å². The molecule has 7 heteroatoms. The first-order valence-electron chi connectivity index (χ1n) is 10.9. The normalized spacial score (nSPS) is 14.1. The minimum Gasteiger partial charge on any atom is -0.481 e. The highest BCUT2D eigenvalue weighted by molar-refractivity contribution is 5.80. The summed E-state index contributed by atoms with van der Waals surface area (Å²) in [6.07, 6.45) is -0.621. The van der Waals surface area contributed by atoms with Gasteiger partial charge in [-0.05, 0) is 43.0 Å². The molecular formula is C25H30N2O5. The molecular weight excluding hydrogens is 408 g/mol. The molecule has 2 atom stereocenters. The number of carboxylic acid groups (broad SMARTS) is 1. The predicted molar refractivity (Wildman–Crippen MR) is 121 cm³/mol. The third-order valence-corrected chi connectivity index (χ3v) is 5.85. The Labute approximate surface area is 188 Å². The minimum atomic E-state index is -0.950. The van der Waals surface area contributed by atoms with E-state index in [9.17, 15) is 14.4 Å². The average molecular weight is 439 g/mol. The summed E-state index contributed by atoms with van der Waals surface area (Å²) in [5.41, 5.74) is 4.59. The molecule has 1 aliphatic rings. The number of amides is 2. The monoisotopic (exact) mass is 438 g/mol. The van der Waals surface area contributed by atoms with E-state index >= 15 is 0 Å². The number of alkyl carbamates (subject to hydrolysis) is 1. The third-order valence-electron chi connectivity index (χ3n) is 5.85. The molecule has 0 heterocycles. The molecule has 0 saturated heterocycles. The van der Waals surface area contributed by atoms with Gasteiger partial charge in [0.05, 0.1) is 6.42 Å². The fourth-order valence-corrected chi connectivity index (χ4v) is 4.37. The summed E-state index contributed by atoms with van der Waals surface area (Å²) < 4.78 is 5.53.